The van der Waals surface area contributed by atoms with E-state index < -0.39 is 6.10 Å². The number of nitrogens with one attached hydrogen (secondary N) is 1. The Labute approximate surface area is 179 Å². The number of hydrogen-bond donors (Lipinski definition) is 1. The molecule has 3 aromatic rings. The molecule has 1 aliphatic carbocycles. The van der Waals surface area contributed by atoms with Crippen LogP contribution in [0.25, 0.3) is 0 Å². The molecule has 0 aromatic heterocycles. The van der Waals surface area contributed by atoms with E-state index in [0.29, 0.717) is 0 Å². The SMILES string of the molecule is Cc1ccccc1[C@@H](NC(=O)[C@H](C)Oc1cccc2c1CCCC2)c1ccccc1. The molecule has 0 aliphatic heterocycles. The molecule has 3 heteroatoms. The predicted octanol–water partition coefficient (Wildman–Crippen LogP) is 5.55. The number of rotatable bonds is 6. The van der Waals surface area contributed by atoms with Crippen LogP contribution in [0.1, 0.15) is 53.6 Å². The van der Waals surface area contributed by atoms with Crippen molar-refractivity contribution < 1.29 is 9.53 Å². The fourth-order valence-electron chi connectivity index (χ4n) is 4.26. The minimum Gasteiger partial charge on any atom is -0.481 e. The van der Waals surface area contributed by atoms with Gasteiger partial charge in [0.25, 0.3) is 5.91 Å². The summed E-state index contributed by atoms with van der Waals surface area (Å²) in [6, 6.07) is 24.3. The molecule has 0 saturated carbocycles. The van der Waals surface area contributed by atoms with Crippen LogP contribution in [0.4, 0.5) is 0 Å². The van der Waals surface area contributed by atoms with Crippen molar-refractivity contribution in [3.05, 3.63) is 101 Å². The molecule has 0 fully saturated rings. The van der Waals surface area contributed by atoms with E-state index >= 15 is 0 Å². The number of fused-ring (bicyclic) bond motifs is 1. The highest BCUT2D eigenvalue weighted by atomic mass is 16.5. The topological polar surface area (TPSA) is 38.3 Å². The van der Waals surface area contributed by atoms with Gasteiger partial charge in [-0.25, -0.2) is 0 Å². The Morgan fingerprint density at radius 3 is 2.43 bits per heavy atom. The van der Waals surface area contributed by atoms with E-state index in [2.05, 4.69) is 42.6 Å². The van der Waals surface area contributed by atoms with Gasteiger partial charge in [-0.15, -0.1) is 0 Å². The Bertz CT molecular complexity index is 1010. The summed E-state index contributed by atoms with van der Waals surface area (Å²) < 4.78 is 6.17. The second-order valence-corrected chi connectivity index (χ2v) is 8.07. The van der Waals surface area contributed by atoms with Crippen molar-refractivity contribution >= 4 is 5.91 Å². The van der Waals surface area contributed by atoms with Crippen LogP contribution in [0.15, 0.2) is 72.8 Å². The van der Waals surface area contributed by atoms with Gasteiger partial charge in [0.15, 0.2) is 6.10 Å². The molecule has 0 heterocycles. The maximum Gasteiger partial charge on any atom is 0.261 e. The van der Waals surface area contributed by atoms with Crippen molar-refractivity contribution in [2.24, 2.45) is 0 Å². The lowest BCUT2D eigenvalue weighted by molar-refractivity contribution is -0.127. The van der Waals surface area contributed by atoms with E-state index in [0.717, 1.165) is 35.3 Å². The van der Waals surface area contributed by atoms with Gasteiger partial charge in [-0.2, -0.15) is 0 Å². The van der Waals surface area contributed by atoms with E-state index in [4.69, 9.17) is 4.74 Å². The summed E-state index contributed by atoms with van der Waals surface area (Å²) in [5.74, 6) is 0.738. The van der Waals surface area contributed by atoms with Gasteiger partial charge in [0.05, 0.1) is 6.04 Å². The van der Waals surface area contributed by atoms with Gasteiger partial charge in [-0.1, -0.05) is 66.7 Å². The van der Waals surface area contributed by atoms with Crippen LogP contribution in [0.5, 0.6) is 5.75 Å². The second-order valence-electron chi connectivity index (χ2n) is 8.07. The summed E-state index contributed by atoms with van der Waals surface area (Å²) in [6.07, 6.45) is 3.94. The molecule has 4 rings (SSSR count). The van der Waals surface area contributed by atoms with Gasteiger partial charge >= 0.3 is 0 Å². The van der Waals surface area contributed by atoms with Gasteiger partial charge in [-0.05, 0) is 73.4 Å². The van der Waals surface area contributed by atoms with Gasteiger partial charge in [0.1, 0.15) is 5.75 Å². The molecular formula is C27H29NO2. The lowest BCUT2D eigenvalue weighted by Crippen LogP contribution is -2.39. The minimum atomic E-state index is -0.575. The Kier molecular flexibility index (Phi) is 6.18. The van der Waals surface area contributed by atoms with Crippen molar-refractivity contribution in [2.45, 2.75) is 51.7 Å². The van der Waals surface area contributed by atoms with Gasteiger partial charge in [0.2, 0.25) is 0 Å². The van der Waals surface area contributed by atoms with Crippen molar-refractivity contribution in [2.75, 3.05) is 0 Å². The second kappa shape index (κ2) is 9.17. The highest BCUT2D eigenvalue weighted by Crippen LogP contribution is 2.30. The van der Waals surface area contributed by atoms with Crippen LogP contribution in [0.2, 0.25) is 0 Å². The number of amides is 1. The molecule has 0 bridgehead atoms. The van der Waals surface area contributed by atoms with Gasteiger partial charge < -0.3 is 10.1 Å². The summed E-state index contributed by atoms with van der Waals surface area (Å²) in [5.41, 5.74) is 5.93. The average molecular weight is 400 g/mol. The van der Waals surface area contributed by atoms with E-state index in [1.807, 2.05) is 49.4 Å². The van der Waals surface area contributed by atoms with Crippen LogP contribution in [0.3, 0.4) is 0 Å². The first-order chi connectivity index (χ1) is 14.6. The third kappa shape index (κ3) is 4.40. The summed E-state index contributed by atoms with van der Waals surface area (Å²) in [7, 11) is 0. The molecule has 0 radical (unpaired) electrons. The smallest absolute Gasteiger partial charge is 0.261 e. The van der Waals surface area contributed by atoms with E-state index in [9.17, 15) is 4.79 Å². The number of benzene rings is 3. The lowest BCUT2D eigenvalue weighted by atomic mass is 9.91. The predicted molar refractivity (Wildman–Crippen MR) is 121 cm³/mol. The molecule has 0 spiro atoms. The Balaban J connectivity index is 1.55. The highest BCUT2D eigenvalue weighted by Gasteiger charge is 2.24. The monoisotopic (exact) mass is 399 g/mol. The number of aryl methyl sites for hydroxylation is 2. The van der Waals surface area contributed by atoms with Crippen molar-refractivity contribution in [3.63, 3.8) is 0 Å². The molecule has 0 unspecified atom stereocenters. The van der Waals surface area contributed by atoms with E-state index in [1.54, 1.807) is 0 Å². The molecule has 1 N–H and O–H groups in total. The summed E-state index contributed by atoms with van der Waals surface area (Å²) in [4.78, 5) is 13.1. The van der Waals surface area contributed by atoms with Crippen LogP contribution in [-0.4, -0.2) is 12.0 Å². The molecule has 3 nitrogen and oxygen atoms in total. The molecule has 0 saturated heterocycles. The van der Waals surface area contributed by atoms with Gasteiger partial charge in [0, 0.05) is 0 Å². The fourth-order valence-corrected chi connectivity index (χ4v) is 4.26. The minimum absolute atomic E-state index is 0.111. The zero-order valence-corrected chi connectivity index (χ0v) is 17.7. The molecular weight excluding hydrogens is 370 g/mol. The Morgan fingerprint density at radius 2 is 1.63 bits per heavy atom. The Morgan fingerprint density at radius 1 is 0.900 bits per heavy atom. The third-order valence-electron chi connectivity index (χ3n) is 5.94. The first-order valence-corrected chi connectivity index (χ1v) is 10.8. The molecule has 1 amide bonds. The highest BCUT2D eigenvalue weighted by molar-refractivity contribution is 5.81. The summed E-state index contributed by atoms with van der Waals surface area (Å²) in [5, 5.41) is 3.23. The van der Waals surface area contributed by atoms with Crippen molar-refractivity contribution in [1.29, 1.82) is 0 Å². The first-order valence-electron chi connectivity index (χ1n) is 10.8. The average Bonchev–Trinajstić information content (AvgIpc) is 2.79. The van der Waals surface area contributed by atoms with Crippen molar-refractivity contribution in [1.82, 2.24) is 5.32 Å². The lowest BCUT2D eigenvalue weighted by Gasteiger charge is -2.25. The molecule has 154 valence electrons. The number of carbonyl (C=O) groups excluding carboxylic acids is 1. The van der Waals surface area contributed by atoms with Crippen LogP contribution in [-0.2, 0) is 17.6 Å². The van der Waals surface area contributed by atoms with E-state index in [-0.39, 0.29) is 11.9 Å². The largest absolute Gasteiger partial charge is 0.481 e. The molecule has 30 heavy (non-hydrogen) atoms. The summed E-state index contributed by atoms with van der Waals surface area (Å²) in [6.45, 7) is 3.91. The molecule has 2 atom stereocenters. The summed E-state index contributed by atoms with van der Waals surface area (Å²) >= 11 is 0. The van der Waals surface area contributed by atoms with Crippen LogP contribution < -0.4 is 10.1 Å². The maximum absolute atomic E-state index is 13.1. The van der Waals surface area contributed by atoms with Crippen LogP contribution in [0, 0.1) is 6.92 Å². The first kappa shape index (κ1) is 20.2. The quantitative estimate of drug-likeness (QED) is 0.590. The fraction of sp³-hybridized carbons (Fsp3) is 0.296. The number of ether oxygens (including phenoxy) is 1. The zero-order valence-electron chi connectivity index (χ0n) is 17.7. The number of hydrogen-bond acceptors (Lipinski definition) is 2. The zero-order chi connectivity index (χ0) is 20.9. The third-order valence-corrected chi connectivity index (χ3v) is 5.94. The molecule has 3 aromatic carbocycles. The Hall–Kier alpha value is -3.07. The number of carbonyl (C=O) groups is 1. The van der Waals surface area contributed by atoms with Crippen LogP contribution >= 0.6 is 0 Å². The maximum atomic E-state index is 13.1. The molecule has 1 aliphatic rings. The van der Waals surface area contributed by atoms with E-state index in [1.165, 1.54) is 24.0 Å². The van der Waals surface area contributed by atoms with Crippen molar-refractivity contribution in [3.8, 4) is 5.75 Å². The normalized spacial score (nSPS) is 15.0. The van der Waals surface area contributed by atoms with Gasteiger partial charge in [-0.3, -0.25) is 4.79 Å². The standard InChI is InChI=1S/C27H29NO2/c1-19-11-6-8-16-23(19)26(22-13-4-3-5-14-22)28-27(29)20(2)30-25-18-10-15-21-12-7-9-17-24(21)25/h3-6,8,10-11,13-16,18,20,26H,7,9,12,17H2,1-2H3,(H,28,29)/t20-,26-/m0/s1.